The topological polar surface area (TPSA) is 27.7 Å². The van der Waals surface area contributed by atoms with Crippen molar-refractivity contribution in [3.05, 3.63) is 24.3 Å². The molecular formula is C13H24O3SSi. The maximum absolute atomic E-state index is 5.84. The number of rotatable bonds is 8. The van der Waals surface area contributed by atoms with Crippen LogP contribution in [0.3, 0.4) is 0 Å². The molecule has 2 unspecified atom stereocenters. The minimum atomic E-state index is -1.96. The number of hydrogen-bond acceptors (Lipinski definition) is 4. The molecule has 0 aliphatic heterocycles. The van der Waals surface area contributed by atoms with E-state index in [0.29, 0.717) is 25.7 Å². The maximum atomic E-state index is 5.84. The van der Waals surface area contributed by atoms with Gasteiger partial charge in [0.25, 0.3) is 0 Å². The van der Waals surface area contributed by atoms with Gasteiger partial charge in [-0.2, -0.15) is 12.6 Å². The Hall–Kier alpha value is -0.0731. The van der Waals surface area contributed by atoms with Crippen molar-refractivity contribution >= 4 is 22.2 Å². The molecule has 0 amide bonds. The van der Waals surface area contributed by atoms with E-state index in [1.807, 2.05) is 13.8 Å². The molecule has 3 nitrogen and oxygen atoms in total. The molecule has 5 heteroatoms. The Morgan fingerprint density at radius 3 is 2.39 bits per heavy atom. The van der Waals surface area contributed by atoms with E-state index in [9.17, 15) is 0 Å². The van der Waals surface area contributed by atoms with E-state index in [2.05, 4.69) is 43.9 Å². The fourth-order valence-electron chi connectivity index (χ4n) is 1.83. The zero-order valence-corrected chi connectivity index (χ0v) is 13.5. The maximum Gasteiger partial charge on any atom is 0.484 e. The third-order valence-corrected chi connectivity index (χ3v) is 5.49. The molecule has 0 spiro atoms. The Morgan fingerprint density at radius 1 is 1.17 bits per heavy atom. The smallest absolute Gasteiger partial charge is 0.376 e. The Bertz CT molecular complexity index is 290. The van der Waals surface area contributed by atoms with E-state index in [1.54, 1.807) is 0 Å². The van der Waals surface area contributed by atoms with Crippen LogP contribution >= 0.6 is 12.6 Å². The van der Waals surface area contributed by atoms with E-state index >= 15 is 0 Å². The molecule has 0 N–H and O–H groups in total. The van der Waals surface area contributed by atoms with Crippen molar-refractivity contribution < 1.29 is 13.3 Å². The average molecular weight is 288 g/mol. The molecule has 1 rings (SSSR count). The van der Waals surface area contributed by atoms with Gasteiger partial charge in [-0.1, -0.05) is 31.2 Å². The van der Waals surface area contributed by atoms with Crippen molar-refractivity contribution in [2.45, 2.75) is 20.8 Å². The molecule has 0 fully saturated rings. The normalized spacial score (nSPS) is 27.1. The molecule has 0 saturated carbocycles. The van der Waals surface area contributed by atoms with Crippen LogP contribution in [0.1, 0.15) is 20.8 Å². The molecular weight excluding hydrogens is 264 g/mol. The Morgan fingerprint density at radius 2 is 1.83 bits per heavy atom. The molecule has 2 atom stereocenters. The molecule has 0 bridgehead atoms. The van der Waals surface area contributed by atoms with Crippen molar-refractivity contribution in [2.75, 3.05) is 25.6 Å². The Labute approximate surface area is 118 Å². The second-order valence-corrected chi connectivity index (χ2v) is 6.44. The summed E-state index contributed by atoms with van der Waals surface area (Å²) in [5, 5.41) is 0. The van der Waals surface area contributed by atoms with Crippen LogP contribution < -0.4 is 0 Å². The van der Waals surface area contributed by atoms with Gasteiger partial charge in [-0.25, -0.2) is 0 Å². The van der Waals surface area contributed by atoms with Crippen LogP contribution in [0.4, 0.5) is 0 Å². The number of hydrogen-bond donors (Lipinski definition) is 1. The van der Waals surface area contributed by atoms with E-state index < -0.39 is 9.53 Å². The summed E-state index contributed by atoms with van der Waals surface area (Å²) in [6, 6.07) is 0. The van der Waals surface area contributed by atoms with Crippen molar-refractivity contribution in [1.29, 1.82) is 0 Å². The molecule has 18 heavy (non-hydrogen) atoms. The lowest BCUT2D eigenvalue weighted by atomic mass is 9.76. The summed E-state index contributed by atoms with van der Waals surface area (Å²) in [6.07, 6.45) is 8.52. The summed E-state index contributed by atoms with van der Waals surface area (Å²) >= 11 is 4.44. The lowest BCUT2D eigenvalue weighted by Gasteiger charge is -2.34. The van der Waals surface area contributed by atoms with Gasteiger partial charge in [0.15, 0.2) is 0 Å². The van der Waals surface area contributed by atoms with Gasteiger partial charge in [0.1, 0.15) is 0 Å². The van der Waals surface area contributed by atoms with Gasteiger partial charge in [0.05, 0.1) is 0 Å². The second-order valence-electron chi connectivity index (χ2n) is 4.55. The summed E-state index contributed by atoms with van der Waals surface area (Å²) in [4.78, 5) is 0. The standard InChI is InChI=1S/C13H24O3SSi/c1-4-14-18(15-5-2)16-10-12-8-6-7-9-13(12,3)11-17/h6-9,12,17-18H,4-5,10-11H2,1-3H3. The van der Waals surface area contributed by atoms with Gasteiger partial charge in [-0.15, -0.1) is 0 Å². The molecule has 0 aromatic carbocycles. The molecule has 0 radical (unpaired) electrons. The first kappa shape index (κ1) is 16.0. The summed E-state index contributed by atoms with van der Waals surface area (Å²) in [5.74, 6) is 1.13. The SMILES string of the molecule is CCO[SiH](OCC)OCC1C=CC=CC1(C)CS. The van der Waals surface area contributed by atoms with Gasteiger partial charge in [-0.3, -0.25) is 0 Å². The average Bonchev–Trinajstić information content (AvgIpc) is 2.38. The summed E-state index contributed by atoms with van der Waals surface area (Å²) < 4.78 is 16.9. The zero-order chi connectivity index (χ0) is 13.4. The summed E-state index contributed by atoms with van der Waals surface area (Å²) in [7, 11) is -1.96. The largest absolute Gasteiger partial charge is 0.484 e. The van der Waals surface area contributed by atoms with Gasteiger partial charge in [0.2, 0.25) is 0 Å². The minimum absolute atomic E-state index is 0.0508. The molecule has 1 aliphatic rings. The molecule has 104 valence electrons. The van der Waals surface area contributed by atoms with Crippen LogP contribution in [0.15, 0.2) is 24.3 Å². The van der Waals surface area contributed by atoms with Crippen LogP contribution in [-0.4, -0.2) is 35.1 Å². The predicted octanol–water partition coefficient (Wildman–Crippen LogP) is 2.47. The monoisotopic (exact) mass is 288 g/mol. The molecule has 1 aliphatic carbocycles. The summed E-state index contributed by atoms with van der Waals surface area (Å²) in [6.45, 7) is 8.04. The molecule has 0 aromatic rings. The predicted molar refractivity (Wildman–Crippen MR) is 80.1 cm³/mol. The van der Waals surface area contributed by atoms with Crippen molar-refractivity contribution in [2.24, 2.45) is 11.3 Å². The van der Waals surface area contributed by atoms with Crippen LogP contribution in [-0.2, 0) is 13.3 Å². The van der Waals surface area contributed by atoms with Gasteiger partial charge < -0.3 is 13.3 Å². The highest BCUT2D eigenvalue weighted by Crippen LogP contribution is 2.34. The third-order valence-electron chi connectivity index (χ3n) is 3.14. The quantitative estimate of drug-likeness (QED) is 0.549. The van der Waals surface area contributed by atoms with Crippen LogP contribution in [0.25, 0.3) is 0 Å². The number of allylic oxidation sites excluding steroid dienone is 3. The molecule has 0 aromatic heterocycles. The van der Waals surface area contributed by atoms with Gasteiger partial charge in [-0.05, 0) is 19.6 Å². The highest BCUT2D eigenvalue weighted by Gasteiger charge is 2.31. The second kappa shape index (κ2) is 8.17. The molecule has 0 heterocycles. The van der Waals surface area contributed by atoms with Gasteiger partial charge >= 0.3 is 9.53 Å². The Kier molecular flexibility index (Phi) is 7.25. The lowest BCUT2D eigenvalue weighted by Crippen LogP contribution is -2.35. The van der Waals surface area contributed by atoms with E-state index in [1.165, 1.54) is 0 Å². The Balaban J connectivity index is 2.50. The zero-order valence-electron chi connectivity index (χ0n) is 11.5. The molecule has 0 saturated heterocycles. The van der Waals surface area contributed by atoms with E-state index in [4.69, 9.17) is 13.3 Å². The highest BCUT2D eigenvalue weighted by molar-refractivity contribution is 7.80. The first-order valence-electron chi connectivity index (χ1n) is 6.48. The minimum Gasteiger partial charge on any atom is -0.376 e. The lowest BCUT2D eigenvalue weighted by molar-refractivity contribution is 0.0804. The van der Waals surface area contributed by atoms with Crippen LogP contribution in [0.2, 0.25) is 0 Å². The van der Waals surface area contributed by atoms with Crippen molar-refractivity contribution in [3.8, 4) is 0 Å². The van der Waals surface area contributed by atoms with Crippen LogP contribution in [0.5, 0.6) is 0 Å². The van der Waals surface area contributed by atoms with Crippen molar-refractivity contribution in [3.63, 3.8) is 0 Å². The van der Waals surface area contributed by atoms with E-state index in [-0.39, 0.29) is 5.41 Å². The van der Waals surface area contributed by atoms with E-state index in [0.717, 1.165) is 5.75 Å². The fraction of sp³-hybridized carbons (Fsp3) is 0.692. The fourth-order valence-corrected chi connectivity index (χ4v) is 3.37. The highest BCUT2D eigenvalue weighted by atomic mass is 32.1. The third kappa shape index (κ3) is 4.55. The number of thiol groups is 1. The van der Waals surface area contributed by atoms with Crippen molar-refractivity contribution in [1.82, 2.24) is 0 Å². The summed E-state index contributed by atoms with van der Waals surface area (Å²) in [5.41, 5.74) is 0.0508. The first-order chi connectivity index (χ1) is 8.66. The first-order valence-corrected chi connectivity index (χ1v) is 8.52. The van der Waals surface area contributed by atoms with Gasteiger partial charge in [0, 0.05) is 31.2 Å². The van der Waals surface area contributed by atoms with Crippen LogP contribution in [0, 0.1) is 11.3 Å².